The van der Waals surface area contributed by atoms with E-state index in [4.69, 9.17) is 17.0 Å². The third-order valence-electron chi connectivity index (χ3n) is 4.43. The zero-order chi connectivity index (χ0) is 21.2. The minimum absolute atomic E-state index is 0.0192. The number of amides is 1. The van der Waals surface area contributed by atoms with Crippen LogP contribution in [0.25, 0.3) is 0 Å². The Bertz CT molecular complexity index is 809. The number of thiocarbonyl (C=S) groups is 1. The lowest BCUT2D eigenvalue weighted by Gasteiger charge is -2.35. The quantitative estimate of drug-likeness (QED) is 0.501. The zero-order valence-electron chi connectivity index (χ0n) is 17.1. The van der Waals surface area contributed by atoms with Crippen LogP contribution in [0.5, 0.6) is 0 Å². The molecule has 2 rings (SSSR count). The Morgan fingerprint density at radius 3 is 2.17 bits per heavy atom. The molecule has 0 saturated heterocycles. The highest BCUT2D eigenvalue weighted by molar-refractivity contribution is 7.80. The highest BCUT2D eigenvalue weighted by atomic mass is 32.1. The summed E-state index contributed by atoms with van der Waals surface area (Å²) in [6, 6.07) is 18.6. The van der Waals surface area contributed by atoms with Gasteiger partial charge in [-0.25, -0.2) is 0 Å². The van der Waals surface area contributed by atoms with Gasteiger partial charge in [0.2, 0.25) is 0 Å². The summed E-state index contributed by atoms with van der Waals surface area (Å²) < 4.78 is 4.96. The van der Waals surface area contributed by atoms with Crippen molar-refractivity contribution in [3.05, 3.63) is 71.8 Å². The van der Waals surface area contributed by atoms with E-state index < -0.39 is 0 Å². The van der Waals surface area contributed by atoms with Gasteiger partial charge in [0.15, 0.2) is 0 Å². The molecule has 6 heteroatoms. The minimum atomic E-state index is -0.374. The number of nitrogens with one attached hydrogen (secondary N) is 1. The van der Waals surface area contributed by atoms with Gasteiger partial charge < -0.3 is 15.0 Å². The van der Waals surface area contributed by atoms with Crippen molar-refractivity contribution in [3.8, 4) is 0 Å². The van der Waals surface area contributed by atoms with Crippen LogP contribution in [0.1, 0.15) is 36.7 Å². The van der Waals surface area contributed by atoms with E-state index in [0.29, 0.717) is 23.7 Å². The number of rotatable bonds is 9. The Morgan fingerprint density at radius 2 is 1.62 bits per heavy atom. The lowest BCUT2D eigenvalue weighted by Crippen LogP contribution is -2.52. The third kappa shape index (κ3) is 6.68. The molecule has 1 atom stereocenters. The maximum Gasteiger partial charge on any atom is 0.325 e. The van der Waals surface area contributed by atoms with E-state index in [2.05, 4.69) is 5.32 Å². The fourth-order valence-electron chi connectivity index (χ4n) is 3.10. The number of esters is 1. The van der Waals surface area contributed by atoms with Crippen LogP contribution in [-0.4, -0.2) is 41.0 Å². The number of benzene rings is 2. The molecule has 2 aromatic rings. The van der Waals surface area contributed by atoms with Crippen molar-refractivity contribution >= 4 is 29.1 Å². The predicted octanol–water partition coefficient (Wildman–Crippen LogP) is 3.83. The number of carbonyl (C=O) groups excluding carboxylic acids is 2. The molecule has 1 unspecified atom stereocenters. The highest BCUT2D eigenvalue weighted by Gasteiger charge is 2.31. The van der Waals surface area contributed by atoms with Crippen LogP contribution in [0.4, 0.5) is 0 Å². The minimum Gasteiger partial charge on any atom is -0.465 e. The second kappa shape index (κ2) is 11.3. The maximum absolute atomic E-state index is 13.4. The van der Waals surface area contributed by atoms with E-state index in [1.165, 1.54) is 0 Å². The van der Waals surface area contributed by atoms with Crippen molar-refractivity contribution < 1.29 is 14.3 Å². The summed E-state index contributed by atoms with van der Waals surface area (Å²) in [6.07, 6.45) is 0. The molecule has 154 valence electrons. The predicted molar refractivity (Wildman–Crippen MR) is 119 cm³/mol. The van der Waals surface area contributed by atoms with Gasteiger partial charge in [0, 0.05) is 12.1 Å². The van der Waals surface area contributed by atoms with Gasteiger partial charge in [-0.05, 0) is 30.5 Å². The Labute approximate surface area is 178 Å². The SMILES string of the molecule is CCOC(=O)CNC(=S)C(C(C)C)N(Cc1ccccc1)C(=O)c1ccccc1. The van der Waals surface area contributed by atoms with Gasteiger partial charge in [0.25, 0.3) is 5.91 Å². The molecule has 5 nitrogen and oxygen atoms in total. The first kappa shape index (κ1) is 22.6. The summed E-state index contributed by atoms with van der Waals surface area (Å²) in [5, 5.41) is 2.98. The van der Waals surface area contributed by atoms with Crippen molar-refractivity contribution in [3.63, 3.8) is 0 Å². The number of nitrogens with zero attached hydrogens (tertiary/aromatic N) is 1. The number of ether oxygens (including phenoxy) is 1. The largest absolute Gasteiger partial charge is 0.465 e. The highest BCUT2D eigenvalue weighted by Crippen LogP contribution is 2.19. The van der Waals surface area contributed by atoms with E-state index in [1.54, 1.807) is 24.0 Å². The van der Waals surface area contributed by atoms with Gasteiger partial charge in [-0.15, -0.1) is 0 Å². The van der Waals surface area contributed by atoms with E-state index >= 15 is 0 Å². The van der Waals surface area contributed by atoms with Gasteiger partial charge >= 0.3 is 5.97 Å². The van der Waals surface area contributed by atoms with E-state index in [1.807, 2.05) is 62.4 Å². The first-order chi connectivity index (χ1) is 13.9. The Balaban J connectivity index is 2.30. The topological polar surface area (TPSA) is 58.6 Å². The lowest BCUT2D eigenvalue weighted by molar-refractivity contribution is -0.141. The molecule has 0 fully saturated rings. The first-order valence-corrected chi connectivity index (χ1v) is 10.2. The number of carbonyl (C=O) groups is 2. The second-order valence-corrected chi connectivity index (χ2v) is 7.44. The van der Waals surface area contributed by atoms with Crippen LogP contribution in [-0.2, 0) is 16.1 Å². The molecule has 0 radical (unpaired) electrons. The average Bonchev–Trinajstić information content (AvgIpc) is 2.72. The molecule has 29 heavy (non-hydrogen) atoms. The second-order valence-electron chi connectivity index (χ2n) is 7.00. The average molecular weight is 413 g/mol. The van der Waals surface area contributed by atoms with E-state index in [0.717, 1.165) is 5.56 Å². The molecular weight excluding hydrogens is 384 g/mol. The van der Waals surface area contributed by atoms with Crippen LogP contribution in [0.15, 0.2) is 60.7 Å². The van der Waals surface area contributed by atoms with Crippen molar-refractivity contribution in [2.75, 3.05) is 13.2 Å². The fourth-order valence-corrected chi connectivity index (χ4v) is 3.57. The van der Waals surface area contributed by atoms with Crippen molar-refractivity contribution in [2.24, 2.45) is 5.92 Å². The van der Waals surface area contributed by atoms with E-state index in [9.17, 15) is 9.59 Å². The molecule has 0 heterocycles. The summed E-state index contributed by atoms with van der Waals surface area (Å²) in [4.78, 5) is 27.3. The molecule has 2 aromatic carbocycles. The Hall–Kier alpha value is -2.73. The van der Waals surface area contributed by atoms with Crippen LogP contribution in [0, 0.1) is 5.92 Å². The summed E-state index contributed by atoms with van der Waals surface area (Å²) in [5.74, 6) is -0.427. The Kier molecular flexibility index (Phi) is 8.80. The van der Waals surface area contributed by atoms with Gasteiger partial charge in [-0.3, -0.25) is 9.59 Å². The Morgan fingerprint density at radius 1 is 1.03 bits per heavy atom. The van der Waals surface area contributed by atoms with Crippen LogP contribution >= 0.6 is 12.2 Å². The summed E-state index contributed by atoms with van der Waals surface area (Å²) in [6.45, 7) is 6.49. The molecule has 0 aromatic heterocycles. The fraction of sp³-hybridized carbons (Fsp3) is 0.348. The van der Waals surface area contributed by atoms with Gasteiger partial charge in [0.05, 0.1) is 17.6 Å². The summed E-state index contributed by atoms with van der Waals surface area (Å²) in [5.41, 5.74) is 1.61. The van der Waals surface area contributed by atoms with Gasteiger partial charge in [-0.1, -0.05) is 74.6 Å². The van der Waals surface area contributed by atoms with Crippen LogP contribution in [0.3, 0.4) is 0 Å². The molecule has 1 amide bonds. The molecular formula is C23H28N2O3S. The molecule has 0 saturated carbocycles. The molecule has 1 N–H and O–H groups in total. The number of hydrogen-bond acceptors (Lipinski definition) is 4. The molecule has 0 spiro atoms. The van der Waals surface area contributed by atoms with Gasteiger partial charge in [-0.2, -0.15) is 0 Å². The number of hydrogen-bond donors (Lipinski definition) is 1. The summed E-state index contributed by atoms with van der Waals surface area (Å²) >= 11 is 5.60. The third-order valence-corrected chi connectivity index (χ3v) is 4.81. The molecule has 0 bridgehead atoms. The first-order valence-electron chi connectivity index (χ1n) is 9.77. The lowest BCUT2D eigenvalue weighted by atomic mass is 9.99. The van der Waals surface area contributed by atoms with Crippen molar-refractivity contribution in [1.29, 1.82) is 0 Å². The standard InChI is InChI=1S/C23H28N2O3S/c1-4-28-20(26)15-24-22(29)21(17(2)3)25(16-18-11-7-5-8-12-18)23(27)19-13-9-6-10-14-19/h5-14,17,21H,4,15-16H2,1-3H3,(H,24,29). The summed E-state index contributed by atoms with van der Waals surface area (Å²) in [7, 11) is 0. The van der Waals surface area contributed by atoms with Crippen molar-refractivity contribution in [2.45, 2.75) is 33.4 Å². The van der Waals surface area contributed by atoms with Crippen molar-refractivity contribution in [1.82, 2.24) is 10.2 Å². The normalized spacial score (nSPS) is 11.6. The maximum atomic E-state index is 13.4. The van der Waals surface area contributed by atoms with Crippen LogP contribution in [0.2, 0.25) is 0 Å². The zero-order valence-corrected chi connectivity index (χ0v) is 17.9. The molecule has 0 aliphatic rings. The van der Waals surface area contributed by atoms with Gasteiger partial charge in [0.1, 0.15) is 6.54 Å². The molecule has 0 aliphatic heterocycles. The van der Waals surface area contributed by atoms with E-state index in [-0.39, 0.29) is 30.4 Å². The molecule has 0 aliphatic carbocycles. The van der Waals surface area contributed by atoms with Crippen LogP contribution < -0.4 is 5.32 Å². The smallest absolute Gasteiger partial charge is 0.325 e. The monoisotopic (exact) mass is 412 g/mol.